The van der Waals surface area contributed by atoms with Crippen molar-refractivity contribution in [2.24, 2.45) is 0 Å². The van der Waals surface area contributed by atoms with Crippen LogP contribution in [-0.2, 0) is 11.2 Å². The quantitative estimate of drug-likeness (QED) is 0.778. The third-order valence-corrected chi connectivity index (χ3v) is 3.35. The van der Waals surface area contributed by atoms with Crippen molar-refractivity contribution in [1.82, 2.24) is 4.90 Å². The van der Waals surface area contributed by atoms with Crippen molar-refractivity contribution in [3.05, 3.63) is 42.5 Å². The summed E-state index contributed by atoms with van der Waals surface area (Å²) in [7, 11) is 0. The van der Waals surface area contributed by atoms with Crippen LogP contribution in [-0.4, -0.2) is 48.7 Å². The van der Waals surface area contributed by atoms with Crippen molar-refractivity contribution in [1.29, 1.82) is 0 Å². The highest BCUT2D eigenvalue weighted by molar-refractivity contribution is 5.96. The molecule has 0 bridgehead atoms. The standard InChI is InChI=1S/C15H20N2O2/c1-2-8-16(10-11-18)12-15(19)17-9-7-13-5-3-4-6-14(13)17/h2-6,18H,1,7-12H2. The lowest BCUT2D eigenvalue weighted by molar-refractivity contribution is -0.119. The van der Waals surface area contributed by atoms with Crippen molar-refractivity contribution < 1.29 is 9.90 Å². The molecule has 1 aliphatic rings. The fourth-order valence-corrected chi connectivity index (χ4v) is 2.43. The van der Waals surface area contributed by atoms with E-state index in [1.807, 2.05) is 28.0 Å². The number of para-hydroxylation sites is 1. The Morgan fingerprint density at radius 3 is 3.00 bits per heavy atom. The molecule has 2 rings (SSSR count). The van der Waals surface area contributed by atoms with Crippen molar-refractivity contribution in [2.45, 2.75) is 6.42 Å². The molecule has 1 N–H and O–H groups in total. The Morgan fingerprint density at radius 2 is 2.26 bits per heavy atom. The Labute approximate surface area is 113 Å². The number of nitrogens with zero attached hydrogens (tertiary/aromatic N) is 2. The first-order valence-corrected chi connectivity index (χ1v) is 6.58. The molecule has 102 valence electrons. The second-order valence-corrected chi connectivity index (χ2v) is 4.67. The highest BCUT2D eigenvalue weighted by Gasteiger charge is 2.24. The van der Waals surface area contributed by atoms with Gasteiger partial charge in [0.1, 0.15) is 0 Å². The first-order valence-electron chi connectivity index (χ1n) is 6.58. The van der Waals surface area contributed by atoms with E-state index in [-0.39, 0.29) is 12.5 Å². The molecule has 4 nitrogen and oxygen atoms in total. The Balaban J connectivity index is 2.02. The van der Waals surface area contributed by atoms with Crippen LogP contribution in [0, 0.1) is 0 Å². The Hall–Kier alpha value is -1.65. The van der Waals surface area contributed by atoms with Gasteiger partial charge in [-0.1, -0.05) is 24.3 Å². The van der Waals surface area contributed by atoms with Crippen LogP contribution >= 0.6 is 0 Å². The van der Waals surface area contributed by atoms with E-state index in [0.29, 0.717) is 19.6 Å². The maximum atomic E-state index is 12.3. The zero-order valence-corrected chi connectivity index (χ0v) is 11.1. The number of amides is 1. The number of anilines is 1. The maximum absolute atomic E-state index is 12.3. The van der Waals surface area contributed by atoms with E-state index in [4.69, 9.17) is 5.11 Å². The number of rotatable bonds is 6. The van der Waals surface area contributed by atoms with Gasteiger partial charge in [-0.25, -0.2) is 0 Å². The van der Waals surface area contributed by atoms with Gasteiger partial charge < -0.3 is 10.0 Å². The van der Waals surface area contributed by atoms with Crippen LogP contribution in [0.15, 0.2) is 36.9 Å². The molecule has 0 aliphatic carbocycles. The monoisotopic (exact) mass is 260 g/mol. The normalized spacial score (nSPS) is 13.7. The molecular formula is C15H20N2O2. The molecule has 1 amide bonds. The van der Waals surface area contributed by atoms with Gasteiger partial charge >= 0.3 is 0 Å². The number of benzene rings is 1. The SMILES string of the molecule is C=CCN(CCO)CC(=O)N1CCc2ccccc21. The number of aliphatic hydroxyl groups is 1. The lowest BCUT2D eigenvalue weighted by atomic mass is 10.2. The van der Waals surface area contributed by atoms with Gasteiger partial charge in [0, 0.05) is 25.3 Å². The molecule has 1 heterocycles. The Kier molecular flexibility index (Phi) is 4.71. The average Bonchev–Trinajstić information content (AvgIpc) is 2.83. The third kappa shape index (κ3) is 3.22. The van der Waals surface area contributed by atoms with E-state index in [2.05, 4.69) is 12.6 Å². The lowest BCUT2D eigenvalue weighted by Crippen LogP contribution is -2.40. The third-order valence-electron chi connectivity index (χ3n) is 3.35. The van der Waals surface area contributed by atoms with Gasteiger partial charge in [0.2, 0.25) is 5.91 Å². The molecule has 19 heavy (non-hydrogen) atoms. The van der Waals surface area contributed by atoms with E-state index in [9.17, 15) is 4.79 Å². The molecule has 1 aliphatic heterocycles. The van der Waals surface area contributed by atoms with Crippen molar-refractivity contribution in [3.63, 3.8) is 0 Å². The summed E-state index contributed by atoms with van der Waals surface area (Å²) in [6, 6.07) is 8.02. The van der Waals surface area contributed by atoms with Crippen LogP contribution in [0.3, 0.4) is 0 Å². The number of hydrogen-bond acceptors (Lipinski definition) is 3. The number of aliphatic hydroxyl groups excluding tert-OH is 1. The highest BCUT2D eigenvalue weighted by atomic mass is 16.3. The van der Waals surface area contributed by atoms with Gasteiger partial charge in [0.15, 0.2) is 0 Å². The summed E-state index contributed by atoms with van der Waals surface area (Å²) >= 11 is 0. The summed E-state index contributed by atoms with van der Waals surface area (Å²) in [6.07, 6.45) is 2.67. The van der Waals surface area contributed by atoms with Gasteiger partial charge in [-0.15, -0.1) is 6.58 Å². The van der Waals surface area contributed by atoms with Crippen LogP contribution in [0.25, 0.3) is 0 Å². The predicted molar refractivity (Wildman–Crippen MR) is 76.2 cm³/mol. The maximum Gasteiger partial charge on any atom is 0.241 e. The smallest absolute Gasteiger partial charge is 0.241 e. The fraction of sp³-hybridized carbons (Fsp3) is 0.400. The zero-order valence-electron chi connectivity index (χ0n) is 11.1. The first-order chi connectivity index (χ1) is 9.26. The Bertz CT molecular complexity index is 459. The van der Waals surface area contributed by atoms with Crippen LogP contribution in [0.5, 0.6) is 0 Å². The van der Waals surface area contributed by atoms with E-state index in [0.717, 1.165) is 18.7 Å². The van der Waals surface area contributed by atoms with Crippen LogP contribution in [0.4, 0.5) is 5.69 Å². The van der Waals surface area contributed by atoms with E-state index in [1.54, 1.807) is 6.08 Å². The highest BCUT2D eigenvalue weighted by Crippen LogP contribution is 2.27. The van der Waals surface area contributed by atoms with Crippen LogP contribution in [0.1, 0.15) is 5.56 Å². The minimum Gasteiger partial charge on any atom is -0.395 e. The molecule has 0 atom stereocenters. The molecule has 0 saturated heterocycles. The second kappa shape index (κ2) is 6.50. The number of fused-ring (bicyclic) bond motifs is 1. The Morgan fingerprint density at radius 1 is 1.47 bits per heavy atom. The molecule has 1 aromatic carbocycles. The predicted octanol–water partition coefficient (Wildman–Crippen LogP) is 1.06. The number of hydrogen-bond donors (Lipinski definition) is 1. The van der Waals surface area contributed by atoms with E-state index >= 15 is 0 Å². The van der Waals surface area contributed by atoms with E-state index < -0.39 is 0 Å². The minimum atomic E-state index is 0.0533. The lowest BCUT2D eigenvalue weighted by Gasteiger charge is -2.23. The van der Waals surface area contributed by atoms with Crippen molar-refractivity contribution >= 4 is 11.6 Å². The molecule has 0 spiro atoms. The summed E-state index contributed by atoms with van der Waals surface area (Å²) in [4.78, 5) is 16.1. The molecule has 0 unspecified atom stereocenters. The van der Waals surface area contributed by atoms with Crippen LogP contribution in [0.2, 0.25) is 0 Å². The van der Waals surface area contributed by atoms with Gasteiger partial charge in [0.05, 0.1) is 13.2 Å². The van der Waals surface area contributed by atoms with E-state index in [1.165, 1.54) is 5.56 Å². The molecule has 4 heteroatoms. The van der Waals surface area contributed by atoms with Crippen molar-refractivity contribution in [2.75, 3.05) is 37.7 Å². The molecule has 0 aromatic heterocycles. The summed E-state index contributed by atoms with van der Waals surface area (Å²) in [5.41, 5.74) is 2.25. The number of carbonyl (C=O) groups excluding carboxylic acids is 1. The average molecular weight is 260 g/mol. The molecule has 0 fully saturated rings. The van der Waals surface area contributed by atoms with Gasteiger partial charge in [-0.2, -0.15) is 0 Å². The molecule has 0 saturated carbocycles. The number of carbonyl (C=O) groups is 1. The largest absolute Gasteiger partial charge is 0.395 e. The summed E-state index contributed by atoms with van der Waals surface area (Å²) < 4.78 is 0. The van der Waals surface area contributed by atoms with Gasteiger partial charge in [0.25, 0.3) is 0 Å². The zero-order chi connectivity index (χ0) is 13.7. The topological polar surface area (TPSA) is 43.8 Å². The second-order valence-electron chi connectivity index (χ2n) is 4.67. The van der Waals surface area contributed by atoms with Crippen LogP contribution < -0.4 is 4.90 Å². The van der Waals surface area contributed by atoms with Gasteiger partial charge in [-0.05, 0) is 18.1 Å². The minimum absolute atomic E-state index is 0.0533. The molecule has 1 aromatic rings. The summed E-state index contributed by atoms with van der Waals surface area (Å²) in [6.45, 7) is 5.90. The van der Waals surface area contributed by atoms with Crippen molar-refractivity contribution in [3.8, 4) is 0 Å². The van der Waals surface area contributed by atoms with Gasteiger partial charge in [-0.3, -0.25) is 9.69 Å². The molecular weight excluding hydrogens is 240 g/mol. The fourth-order valence-electron chi connectivity index (χ4n) is 2.43. The molecule has 0 radical (unpaired) electrons. The summed E-state index contributed by atoms with van der Waals surface area (Å²) in [5, 5.41) is 9.00. The first kappa shape index (κ1) is 13.8. The summed E-state index contributed by atoms with van der Waals surface area (Å²) in [5.74, 6) is 0.0836.